The third-order valence-electron chi connectivity index (χ3n) is 10.3. The lowest BCUT2D eigenvalue weighted by Gasteiger charge is -2.24. The molecule has 56 heavy (non-hydrogen) atoms. The Morgan fingerprint density at radius 1 is 0.536 bits per heavy atom. The van der Waals surface area contributed by atoms with Gasteiger partial charge in [0.15, 0.2) is 17.5 Å². The molecule has 3 heterocycles. The maximum Gasteiger partial charge on any atom is 0.164 e. The van der Waals surface area contributed by atoms with Crippen LogP contribution in [0.2, 0.25) is 0 Å². The number of hydrogen-bond acceptors (Lipinski definition) is 4. The molecular weight excluding hydrogens is 701 g/mol. The number of para-hydroxylation sites is 1. The molecule has 0 saturated heterocycles. The normalized spacial score (nSPS) is 16.2. The van der Waals surface area contributed by atoms with Crippen LogP contribution >= 0.6 is 11.3 Å². The summed E-state index contributed by atoms with van der Waals surface area (Å²) < 4.78 is 91.6. The quantitative estimate of drug-likeness (QED) is 0.170. The van der Waals surface area contributed by atoms with E-state index in [2.05, 4.69) is 24.3 Å². The van der Waals surface area contributed by atoms with Gasteiger partial charge in [-0.25, -0.2) is 15.0 Å². The Kier molecular flexibility index (Phi) is 5.69. The first kappa shape index (κ1) is 23.8. The lowest BCUT2D eigenvalue weighted by Crippen LogP contribution is -2.09. The van der Waals surface area contributed by atoms with E-state index in [4.69, 9.17) is 24.5 Å². The van der Waals surface area contributed by atoms with Crippen molar-refractivity contribution in [3.8, 4) is 51.0 Å². The van der Waals surface area contributed by atoms with E-state index in [1.807, 2.05) is 91.0 Å². The number of rotatable bonds is 6. The maximum atomic E-state index is 9.71. The second-order valence-electron chi connectivity index (χ2n) is 13.6. The van der Waals surface area contributed by atoms with Gasteiger partial charge < -0.3 is 4.57 Å². The molecule has 0 aliphatic heterocycles. The minimum absolute atomic E-state index is 0.0576. The fourth-order valence-electron chi connectivity index (χ4n) is 7.74. The number of fused-ring (bicyclic) bond motifs is 6. The average Bonchev–Trinajstić information content (AvgIpc) is 3.89. The highest BCUT2D eigenvalue weighted by Crippen LogP contribution is 2.47. The van der Waals surface area contributed by atoms with E-state index in [1.54, 1.807) is 15.9 Å². The van der Waals surface area contributed by atoms with Crippen molar-refractivity contribution < 1.29 is 13.7 Å². The summed E-state index contributed by atoms with van der Waals surface area (Å²) in [4.78, 5) is 16.1. The van der Waals surface area contributed by atoms with Crippen molar-refractivity contribution in [3.05, 3.63) is 198 Å². The van der Waals surface area contributed by atoms with E-state index in [9.17, 15) is 4.11 Å². The topological polar surface area (TPSA) is 43.6 Å². The third kappa shape index (κ3) is 5.47. The largest absolute Gasteiger partial charge is 0.309 e. The molecule has 10 aromatic rings. The Morgan fingerprint density at radius 3 is 1.98 bits per heavy atom. The van der Waals surface area contributed by atoms with Gasteiger partial charge in [-0.3, -0.25) is 0 Å². The minimum Gasteiger partial charge on any atom is -0.309 e. The van der Waals surface area contributed by atoms with Gasteiger partial charge in [-0.2, -0.15) is 0 Å². The molecule has 0 bridgehead atoms. The molecule has 1 aliphatic rings. The molecule has 0 amide bonds. The molecule has 7 aromatic carbocycles. The molecular formula is C51H34N4S. The Labute approximate surface area is 342 Å². The predicted molar refractivity (Wildman–Crippen MR) is 233 cm³/mol. The van der Waals surface area contributed by atoms with Crippen molar-refractivity contribution in [1.29, 1.82) is 0 Å². The first-order chi connectivity index (χ1) is 31.9. The number of hydrogen-bond donors (Lipinski definition) is 0. The minimum atomic E-state index is -0.579. The molecule has 3 aromatic heterocycles. The summed E-state index contributed by atoms with van der Waals surface area (Å²) >= 11 is 1.70. The molecule has 11 rings (SSSR count). The fourth-order valence-corrected chi connectivity index (χ4v) is 9.07. The predicted octanol–water partition coefficient (Wildman–Crippen LogP) is 13.4. The van der Waals surface area contributed by atoms with E-state index in [0.29, 0.717) is 45.9 Å². The Hall–Kier alpha value is -6.95. The van der Waals surface area contributed by atoms with Crippen LogP contribution in [0.15, 0.2) is 182 Å². The van der Waals surface area contributed by atoms with Crippen molar-refractivity contribution in [3.63, 3.8) is 0 Å². The molecule has 0 fully saturated rings. The first-order valence-electron chi connectivity index (χ1n) is 23.2. The summed E-state index contributed by atoms with van der Waals surface area (Å²) in [5.41, 5.74) is 4.92. The smallest absolute Gasteiger partial charge is 0.164 e. The van der Waals surface area contributed by atoms with Crippen LogP contribution in [0, 0.1) is 0 Å². The van der Waals surface area contributed by atoms with Crippen molar-refractivity contribution in [2.45, 2.75) is 12.3 Å². The van der Waals surface area contributed by atoms with Gasteiger partial charge >= 0.3 is 0 Å². The van der Waals surface area contributed by atoms with Crippen LogP contribution in [0.4, 0.5) is 0 Å². The number of benzene rings is 7. The zero-order valence-electron chi connectivity index (χ0n) is 39.6. The molecule has 0 saturated carbocycles. The van der Waals surface area contributed by atoms with Gasteiger partial charge in [0.05, 0.1) is 30.4 Å². The van der Waals surface area contributed by atoms with Gasteiger partial charge in [0.25, 0.3) is 0 Å². The van der Waals surface area contributed by atoms with Gasteiger partial charge in [0, 0.05) is 43.0 Å². The summed E-state index contributed by atoms with van der Waals surface area (Å²) in [6.07, 6.45) is 4.89. The number of allylic oxidation sites excluding steroid dienone is 1. The monoisotopic (exact) mass is 744 g/mol. The SMILES string of the molecule is [2H]c1cc2c3cc(-c4c([2H])c([2H])c([2H])c([2H])c4[2H])c([2H])c([2H])c3n(-c3ccc(-c4nc(-c5ccccc5)nc(-c5ccccc5)n4)cc3C3CC=Cc4c3sc3ccccc43)c2c([2H])c1[2H]. The van der Waals surface area contributed by atoms with Crippen molar-refractivity contribution >= 4 is 49.3 Å². The highest BCUT2D eigenvalue weighted by molar-refractivity contribution is 7.19. The van der Waals surface area contributed by atoms with E-state index in [1.165, 1.54) is 12.1 Å². The van der Waals surface area contributed by atoms with Gasteiger partial charge in [-0.05, 0) is 76.5 Å². The lowest BCUT2D eigenvalue weighted by molar-refractivity contribution is 0.830. The summed E-state index contributed by atoms with van der Waals surface area (Å²) in [6.45, 7) is 0. The number of thiophene rings is 1. The summed E-state index contributed by atoms with van der Waals surface area (Å²) in [5, 5.41) is 1.79. The summed E-state index contributed by atoms with van der Waals surface area (Å²) in [7, 11) is 0. The molecule has 4 nitrogen and oxygen atoms in total. The van der Waals surface area contributed by atoms with Crippen LogP contribution in [0.25, 0.3) is 88.9 Å². The van der Waals surface area contributed by atoms with Crippen LogP contribution in [-0.2, 0) is 0 Å². The van der Waals surface area contributed by atoms with Gasteiger partial charge in [-0.1, -0.05) is 145 Å². The molecule has 0 N–H and O–H groups in total. The second-order valence-corrected chi connectivity index (χ2v) is 14.7. The lowest BCUT2D eigenvalue weighted by atomic mass is 9.85. The van der Waals surface area contributed by atoms with Gasteiger partial charge in [0.1, 0.15) is 0 Å². The van der Waals surface area contributed by atoms with E-state index in [0.717, 1.165) is 37.2 Å². The van der Waals surface area contributed by atoms with Crippen LogP contribution in [0.5, 0.6) is 0 Å². The Morgan fingerprint density at radius 2 is 1.21 bits per heavy atom. The van der Waals surface area contributed by atoms with Crippen LogP contribution in [-0.4, -0.2) is 19.5 Å². The van der Waals surface area contributed by atoms with Crippen molar-refractivity contribution in [2.75, 3.05) is 0 Å². The van der Waals surface area contributed by atoms with Gasteiger partial charge in [0.2, 0.25) is 0 Å². The second kappa shape index (κ2) is 13.4. The highest BCUT2D eigenvalue weighted by atomic mass is 32.1. The number of aromatic nitrogens is 4. The average molecular weight is 745 g/mol. The molecule has 264 valence electrons. The van der Waals surface area contributed by atoms with Crippen LogP contribution in [0.3, 0.4) is 0 Å². The maximum absolute atomic E-state index is 9.71. The molecule has 0 radical (unpaired) electrons. The first-order valence-corrected chi connectivity index (χ1v) is 19.0. The number of nitrogens with zero attached hydrogens (tertiary/aromatic N) is 4. The summed E-state index contributed by atoms with van der Waals surface area (Å²) in [5.74, 6) is 1.14. The zero-order chi connectivity index (χ0) is 45.7. The molecule has 1 aliphatic carbocycles. The molecule has 1 unspecified atom stereocenters. The van der Waals surface area contributed by atoms with E-state index >= 15 is 0 Å². The van der Waals surface area contributed by atoms with E-state index in [-0.39, 0.29) is 58.3 Å². The molecule has 0 spiro atoms. The van der Waals surface area contributed by atoms with E-state index < -0.39 is 30.2 Å². The van der Waals surface area contributed by atoms with Gasteiger partial charge in [-0.15, -0.1) is 11.3 Å². The Balaban J connectivity index is 1.23. The third-order valence-corrected chi connectivity index (χ3v) is 11.6. The van der Waals surface area contributed by atoms with Crippen LogP contribution in [0.1, 0.15) is 42.1 Å². The van der Waals surface area contributed by atoms with Crippen molar-refractivity contribution in [2.24, 2.45) is 0 Å². The summed E-state index contributed by atoms with van der Waals surface area (Å²) in [6, 6.07) is 32.2. The zero-order valence-corrected chi connectivity index (χ0v) is 30.4. The van der Waals surface area contributed by atoms with Crippen molar-refractivity contribution in [1.82, 2.24) is 19.5 Å². The standard InChI is InChI=1S/C51H34N4S/c1-4-15-33(16-5-1)36-27-29-45-42(31-36)38-21-10-12-25-44(38)55(45)46-30-28-37(32-43(46)41-24-14-23-40-39-22-11-13-26-47(39)56-48(40)41)51-53-49(34-17-6-2-7-18-34)52-50(54-51)35-19-8-3-9-20-35/h1-23,25-32,41H,24H2/i1D,4D,5D,10D,12D,15D,16D,25D,27D,29D. The Bertz CT molecular complexity index is 3610. The fraction of sp³-hybridized carbons (Fsp3) is 0.0392. The highest BCUT2D eigenvalue weighted by Gasteiger charge is 2.28. The molecule has 1 atom stereocenters. The van der Waals surface area contributed by atoms with Crippen LogP contribution < -0.4 is 0 Å². The molecule has 5 heteroatoms.